The van der Waals surface area contributed by atoms with Gasteiger partial charge in [-0.05, 0) is 45.1 Å². The van der Waals surface area contributed by atoms with Gasteiger partial charge in [0.05, 0.1) is 6.61 Å². The third-order valence-electron chi connectivity index (χ3n) is 2.37. The van der Waals surface area contributed by atoms with Crippen LogP contribution in [0.4, 0.5) is 0 Å². The molecule has 0 saturated heterocycles. The van der Waals surface area contributed by atoms with E-state index >= 15 is 0 Å². The second-order valence-electron chi connectivity index (χ2n) is 4.39. The van der Waals surface area contributed by atoms with E-state index in [-0.39, 0.29) is 4.90 Å². The summed E-state index contributed by atoms with van der Waals surface area (Å²) in [5.41, 5.74) is 0.829. The molecule has 0 atom stereocenters. The predicted molar refractivity (Wildman–Crippen MR) is 72.9 cm³/mol. The topological polar surface area (TPSA) is 46.6 Å². The van der Waals surface area contributed by atoms with E-state index in [4.69, 9.17) is 15.4 Å². The summed E-state index contributed by atoms with van der Waals surface area (Å²) in [7, 11) is 5.56. The quantitative estimate of drug-likeness (QED) is 0.596. The van der Waals surface area contributed by atoms with Crippen LogP contribution in [0.1, 0.15) is 12.0 Å². The zero-order chi connectivity index (χ0) is 13.8. The highest BCUT2D eigenvalue weighted by atomic mass is 35.7. The Bertz CT molecular complexity index is 500. The minimum Gasteiger partial charge on any atom is -0.492 e. The van der Waals surface area contributed by atoms with Crippen molar-refractivity contribution in [1.29, 1.82) is 0 Å². The molecular formula is C12H18ClNO3S. The number of benzene rings is 1. The lowest BCUT2D eigenvalue weighted by molar-refractivity contribution is 0.276. The first-order chi connectivity index (χ1) is 8.30. The van der Waals surface area contributed by atoms with Gasteiger partial charge in [0, 0.05) is 17.2 Å². The highest BCUT2D eigenvalue weighted by Crippen LogP contribution is 2.28. The van der Waals surface area contributed by atoms with Gasteiger partial charge in [0.2, 0.25) is 0 Å². The third-order valence-corrected chi connectivity index (χ3v) is 3.71. The molecular weight excluding hydrogens is 274 g/mol. The molecule has 0 saturated carbocycles. The number of aryl methyl sites for hydroxylation is 1. The molecule has 102 valence electrons. The van der Waals surface area contributed by atoms with Gasteiger partial charge < -0.3 is 9.64 Å². The van der Waals surface area contributed by atoms with Crippen LogP contribution >= 0.6 is 10.7 Å². The Kier molecular flexibility index (Phi) is 5.44. The fourth-order valence-electron chi connectivity index (χ4n) is 1.49. The summed E-state index contributed by atoms with van der Waals surface area (Å²) in [5.74, 6) is 0.314. The highest BCUT2D eigenvalue weighted by molar-refractivity contribution is 8.13. The van der Waals surface area contributed by atoms with Crippen molar-refractivity contribution in [1.82, 2.24) is 4.90 Å². The average Bonchev–Trinajstić information content (AvgIpc) is 2.24. The molecule has 0 aliphatic heterocycles. The first-order valence-electron chi connectivity index (χ1n) is 5.63. The zero-order valence-corrected chi connectivity index (χ0v) is 12.4. The van der Waals surface area contributed by atoms with Gasteiger partial charge in [-0.25, -0.2) is 8.42 Å². The number of halogens is 1. The summed E-state index contributed by atoms with van der Waals surface area (Å²) in [6.45, 7) is 3.15. The van der Waals surface area contributed by atoms with Gasteiger partial charge in [-0.2, -0.15) is 0 Å². The monoisotopic (exact) mass is 291 g/mol. The molecule has 0 spiro atoms. The summed E-state index contributed by atoms with van der Waals surface area (Å²) < 4.78 is 28.3. The summed E-state index contributed by atoms with van der Waals surface area (Å²) in [4.78, 5) is 2.08. The predicted octanol–water partition coefficient (Wildman–Crippen LogP) is 2.25. The molecule has 1 aromatic rings. The first kappa shape index (κ1) is 15.3. The third kappa shape index (κ3) is 4.84. The molecule has 0 unspecified atom stereocenters. The molecule has 0 N–H and O–H groups in total. The van der Waals surface area contributed by atoms with Crippen LogP contribution in [0, 0.1) is 6.92 Å². The van der Waals surface area contributed by atoms with Crippen molar-refractivity contribution in [2.45, 2.75) is 18.2 Å². The minimum atomic E-state index is -3.77. The lowest BCUT2D eigenvalue weighted by atomic mass is 10.2. The van der Waals surface area contributed by atoms with Crippen LogP contribution in [0.5, 0.6) is 5.75 Å². The fourth-order valence-corrected chi connectivity index (χ4v) is 2.54. The smallest absolute Gasteiger partial charge is 0.264 e. The Balaban J connectivity index is 2.77. The van der Waals surface area contributed by atoms with Crippen molar-refractivity contribution >= 4 is 19.7 Å². The van der Waals surface area contributed by atoms with Gasteiger partial charge in [0.25, 0.3) is 9.05 Å². The largest absolute Gasteiger partial charge is 0.492 e. The Morgan fingerprint density at radius 3 is 2.56 bits per heavy atom. The molecule has 0 aromatic heterocycles. The van der Waals surface area contributed by atoms with Crippen LogP contribution in [-0.2, 0) is 9.05 Å². The van der Waals surface area contributed by atoms with E-state index in [0.717, 1.165) is 18.5 Å². The Morgan fingerprint density at radius 1 is 1.33 bits per heavy atom. The number of ether oxygens (including phenoxy) is 1. The lowest BCUT2D eigenvalue weighted by Crippen LogP contribution is -2.15. The Labute approximate surface area is 113 Å². The van der Waals surface area contributed by atoms with E-state index < -0.39 is 9.05 Å². The van der Waals surface area contributed by atoms with Crippen molar-refractivity contribution in [2.75, 3.05) is 27.2 Å². The van der Waals surface area contributed by atoms with Crippen molar-refractivity contribution in [2.24, 2.45) is 0 Å². The molecule has 0 fully saturated rings. The lowest BCUT2D eigenvalue weighted by Gasteiger charge is -2.12. The number of hydrogen-bond acceptors (Lipinski definition) is 4. The SMILES string of the molecule is Cc1ccc(OCCCN(C)C)c(S(=O)(=O)Cl)c1. The van der Waals surface area contributed by atoms with E-state index in [1.807, 2.05) is 19.0 Å². The molecule has 4 nitrogen and oxygen atoms in total. The number of nitrogens with zero attached hydrogens (tertiary/aromatic N) is 1. The van der Waals surface area contributed by atoms with E-state index in [1.54, 1.807) is 19.1 Å². The van der Waals surface area contributed by atoms with Crippen LogP contribution in [0.3, 0.4) is 0 Å². The Morgan fingerprint density at radius 2 is 2.00 bits per heavy atom. The second kappa shape index (κ2) is 6.41. The summed E-state index contributed by atoms with van der Waals surface area (Å²) in [6.07, 6.45) is 0.822. The van der Waals surface area contributed by atoms with Crippen molar-refractivity contribution in [3.63, 3.8) is 0 Å². The summed E-state index contributed by atoms with van der Waals surface area (Å²) >= 11 is 0. The molecule has 0 heterocycles. The average molecular weight is 292 g/mol. The van der Waals surface area contributed by atoms with Crippen LogP contribution in [0.25, 0.3) is 0 Å². The maximum atomic E-state index is 11.4. The van der Waals surface area contributed by atoms with Crippen LogP contribution < -0.4 is 4.74 Å². The zero-order valence-electron chi connectivity index (χ0n) is 10.8. The van der Waals surface area contributed by atoms with Gasteiger partial charge in [0.1, 0.15) is 10.6 Å². The Hall–Kier alpha value is -0.780. The normalized spacial score (nSPS) is 11.8. The molecule has 1 rings (SSSR count). The van der Waals surface area contributed by atoms with E-state index in [0.29, 0.717) is 12.4 Å². The number of hydrogen-bond donors (Lipinski definition) is 0. The fraction of sp³-hybridized carbons (Fsp3) is 0.500. The molecule has 0 aliphatic carbocycles. The molecule has 0 aliphatic rings. The standard InChI is InChI=1S/C12H18ClNO3S/c1-10-5-6-11(12(9-10)18(13,15)16)17-8-4-7-14(2)3/h5-6,9H,4,7-8H2,1-3H3. The molecule has 0 bridgehead atoms. The van der Waals surface area contributed by atoms with E-state index in [2.05, 4.69) is 0 Å². The first-order valence-corrected chi connectivity index (χ1v) is 7.94. The molecule has 18 heavy (non-hydrogen) atoms. The summed E-state index contributed by atoms with van der Waals surface area (Å²) in [6, 6.07) is 4.96. The van der Waals surface area contributed by atoms with Crippen molar-refractivity contribution in [3.8, 4) is 5.75 Å². The molecule has 0 radical (unpaired) electrons. The van der Waals surface area contributed by atoms with E-state index in [9.17, 15) is 8.42 Å². The minimum absolute atomic E-state index is 0.0361. The molecule has 6 heteroatoms. The van der Waals surface area contributed by atoms with Gasteiger partial charge in [-0.1, -0.05) is 6.07 Å². The van der Waals surface area contributed by atoms with Crippen LogP contribution in [0.2, 0.25) is 0 Å². The van der Waals surface area contributed by atoms with E-state index in [1.165, 1.54) is 6.07 Å². The van der Waals surface area contributed by atoms with Crippen molar-refractivity contribution in [3.05, 3.63) is 23.8 Å². The van der Waals surface area contributed by atoms with Gasteiger partial charge in [0.15, 0.2) is 0 Å². The van der Waals surface area contributed by atoms with Crippen LogP contribution in [0.15, 0.2) is 23.1 Å². The van der Waals surface area contributed by atoms with Gasteiger partial charge >= 0.3 is 0 Å². The second-order valence-corrected chi connectivity index (χ2v) is 6.93. The van der Waals surface area contributed by atoms with Gasteiger partial charge in [-0.3, -0.25) is 0 Å². The van der Waals surface area contributed by atoms with Crippen molar-refractivity contribution < 1.29 is 13.2 Å². The molecule has 1 aromatic carbocycles. The van der Waals surface area contributed by atoms with Crippen LogP contribution in [-0.4, -0.2) is 40.6 Å². The highest BCUT2D eigenvalue weighted by Gasteiger charge is 2.16. The summed E-state index contributed by atoms with van der Waals surface area (Å²) in [5, 5.41) is 0. The van der Waals surface area contributed by atoms with Gasteiger partial charge in [-0.15, -0.1) is 0 Å². The number of rotatable bonds is 6. The maximum absolute atomic E-state index is 11.4. The maximum Gasteiger partial charge on any atom is 0.264 e. The molecule has 0 amide bonds.